The molecule has 1 heterocycles. The molecule has 7 N–H and O–H groups in total. The predicted molar refractivity (Wildman–Crippen MR) is 69.4 cm³/mol. The number of nitrogens with one attached hydrogen (secondary N) is 1. The lowest BCUT2D eigenvalue weighted by Crippen LogP contribution is -2.64. The van der Waals surface area contributed by atoms with Crippen molar-refractivity contribution in [1.29, 1.82) is 0 Å². The summed E-state index contributed by atoms with van der Waals surface area (Å²) < 4.78 is 34.7. The molecule has 1 aliphatic heterocycles. The summed E-state index contributed by atoms with van der Waals surface area (Å²) in [5.41, 5.74) is 0. The molecule has 13 nitrogen and oxygen atoms in total. The Morgan fingerprint density at radius 1 is 1.22 bits per heavy atom. The van der Waals surface area contributed by atoms with E-state index in [4.69, 9.17) is 19.6 Å². The molecule has 1 unspecified atom stereocenters. The second kappa shape index (κ2) is 7.64. The number of hydrogen-bond acceptors (Lipinski definition) is 9. The van der Waals surface area contributed by atoms with Gasteiger partial charge in [0.25, 0.3) is 0 Å². The van der Waals surface area contributed by atoms with Crippen molar-refractivity contribution in [2.75, 3.05) is 6.61 Å². The fraction of sp³-hybridized carbons (Fsp3) is 0.875. The molecule has 0 bridgehead atoms. The van der Waals surface area contributed by atoms with E-state index in [1.807, 2.05) is 0 Å². The first-order valence-electron chi connectivity index (χ1n) is 6.04. The third kappa shape index (κ3) is 6.18. The number of carbonyl (C=O) groups excluding carboxylic acids is 1. The van der Waals surface area contributed by atoms with Gasteiger partial charge in [-0.25, -0.2) is 9.13 Å². The zero-order valence-corrected chi connectivity index (χ0v) is 13.4. The average molecular weight is 381 g/mol. The van der Waals surface area contributed by atoms with Gasteiger partial charge in [-0.05, 0) is 0 Å². The maximum Gasteiger partial charge on any atom is 0.483 e. The first-order chi connectivity index (χ1) is 10.4. The molecule has 6 atom stereocenters. The van der Waals surface area contributed by atoms with Gasteiger partial charge in [0, 0.05) is 6.92 Å². The van der Waals surface area contributed by atoms with Crippen molar-refractivity contribution in [3.8, 4) is 0 Å². The van der Waals surface area contributed by atoms with Crippen LogP contribution < -0.4 is 5.32 Å². The second-order valence-corrected chi connectivity index (χ2v) is 7.36. The lowest BCUT2D eigenvalue weighted by molar-refractivity contribution is -0.255. The Hall–Kier alpha value is -0.430. The topological polar surface area (TPSA) is 212 Å². The predicted octanol–water partition coefficient (Wildman–Crippen LogP) is -2.84. The monoisotopic (exact) mass is 381 g/mol. The van der Waals surface area contributed by atoms with Crippen LogP contribution in [0.1, 0.15) is 6.92 Å². The zero-order chi connectivity index (χ0) is 18.0. The van der Waals surface area contributed by atoms with E-state index >= 15 is 0 Å². The van der Waals surface area contributed by atoms with E-state index in [1.165, 1.54) is 0 Å². The lowest BCUT2D eigenvalue weighted by Gasteiger charge is -2.42. The van der Waals surface area contributed by atoms with Crippen LogP contribution in [-0.2, 0) is 27.5 Å². The summed E-state index contributed by atoms with van der Waals surface area (Å²) in [6.07, 6.45) is -6.94. The number of rotatable bonds is 6. The summed E-state index contributed by atoms with van der Waals surface area (Å²) in [5.74, 6) is -0.677. The maximum absolute atomic E-state index is 11.5. The minimum absolute atomic E-state index is 0.677. The number of ether oxygens (including phenoxy) is 1. The van der Waals surface area contributed by atoms with E-state index in [1.54, 1.807) is 0 Å². The minimum Gasteiger partial charge on any atom is -0.394 e. The highest BCUT2D eigenvalue weighted by atomic mass is 31.3. The van der Waals surface area contributed by atoms with Crippen LogP contribution >= 0.6 is 15.6 Å². The Balaban J connectivity index is 2.94. The molecule has 136 valence electrons. The summed E-state index contributed by atoms with van der Waals surface area (Å²) in [6, 6.07) is -1.45. The Morgan fingerprint density at radius 3 is 2.22 bits per heavy atom. The van der Waals surface area contributed by atoms with Gasteiger partial charge in [-0.1, -0.05) is 0 Å². The summed E-state index contributed by atoms with van der Waals surface area (Å²) in [7, 11) is -10.8. The molecule has 1 saturated heterocycles. The third-order valence-corrected chi connectivity index (χ3v) is 4.85. The highest BCUT2D eigenvalue weighted by Gasteiger charge is 2.48. The molecule has 1 rings (SSSR count). The molecule has 0 aromatic rings. The molecule has 0 aromatic carbocycles. The molecule has 1 aliphatic rings. The fourth-order valence-electron chi connectivity index (χ4n) is 1.86. The van der Waals surface area contributed by atoms with Gasteiger partial charge in [0.2, 0.25) is 5.91 Å². The number of phosphoric ester groups is 1. The van der Waals surface area contributed by atoms with E-state index in [-0.39, 0.29) is 0 Å². The van der Waals surface area contributed by atoms with Crippen LogP contribution in [0.3, 0.4) is 0 Å². The van der Waals surface area contributed by atoms with Gasteiger partial charge in [-0.15, -0.1) is 0 Å². The maximum atomic E-state index is 11.5. The van der Waals surface area contributed by atoms with Crippen LogP contribution in [0, 0.1) is 0 Å². The van der Waals surface area contributed by atoms with Crippen LogP contribution in [0.5, 0.6) is 0 Å². The van der Waals surface area contributed by atoms with Gasteiger partial charge in [0.15, 0.2) is 6.29 Å². The van der Waals surface area contributed by atoms with E-state index in [0.29, 0.717) is 0 Å². The molecule has 23 heavy (non-hydrogen) atoms. The molecule has 0 aliphatic carbocycles. The Bertz CT molecular complexity index is 521. The summed E-state index contributed by atoms with van der Waals surface area (Å²) >= 11 is 0. The van der Waals surface area contributed by atoms with Gasteiger partial charge < -0.3 is 40.1 Å². The van der Waals surface area contributed by atoms with Gasteiger partial charge in [0.1, 0.15) is 18.3 Å². The number of aliphatic hydroxyl groups is 3. The number of phosphoric acid groups is 2. The zero-order valence-electron chi connectivity index (χ0n) is 11.6. The second-order valence-electron chi connectivity index (χ2n) is 4.58. The molecule has 15 heteroatoms. The average Bonchev–Trinajstić information content (AvgIpc) is 2.34. The number of amides is 1. The van der Waals surface area contributed by atoms with Gasteiger partial charge in [-0.2, -0.15) is 4.31 Å². The normalized spacial score (nSPS) is 34.7. The van der Waals surface area contributed by atoms with E-state index < -0.39 is 58.8 Å². The van der Waals surface area contributed by atoms with Gasteiger partial charge in [-0.3, -0.25) is 9.32 Å². The van der Waals surface area contributed by atoms with Crippen molar-refractivity contribution in [3.05, 3.63) is 0 Å². The van der Waals surface area contributed by atoms with E-state index in [0.717, 1.165) is 6.92 Å². The van der Waals surface area contributed by atoms with Crippen LogP contribution in [0.25, 0.3) is 0 Å². The van der Waals surface area contributed by atoms with Crippen molar-refractivity contribution in [2.45, 2.75) is 37.6 Å². The highest BCUT2D eigenvalue weighted by molar-refractivity contribution is 7.60. The quantitative estimate of drug-likeness (QED) is 0.232. The van der Waals surface area contributed by atoms with E-state index in [2.05, 4.69) is 14.2 Å². The molecule has 1 amide bonds. The summed E-state index contributed by atoms with van der Waals surface area (Å²) in [4.78, 5) is 37.3. The number of aliphatic hydroxyl groups excluding tert-OH is 3. The summed E-state index contributed by atoms with van der Waals surface area (Å²) in [6.45, 7) is 0.255. The van der Waals surface area contributed by atoms with Gasteiger partial charge >= 0.3 is 15.6 Å². The Morgan fingerprint density at radius 2 is 1.78 bits per heavy atom. The van der Waals surface area contributed by atoms with Gasteiger partial charge in [0.05, 0.1) is 12.6 Å². The Kier molecular flexibility index (Phi) is 6.84. The Labute approximate surface area is 129 Å². The molecule has 0 radical (unpaired) electrons. The van der Waals surface area contributed by atoms with Crippen molar-refractivity contribution in [3.63, 3.8) is 0 Å². The van der Waals surface area contributed by atoms with Crippen molar-refractivity contribution >= 4 is 21.6 Å². The van der Waals surface area contributed by atoms with Crippen molar-refractivity contribution in [2.24, 2.45) is 0 Å². The molecular formula is C8H17NO12P2. The highest BCUT2D eigenvalue weighted by Crippen LogP contribution is 2.58. The largest absolute Gasteiger partial charge is 0.483 e. The van der Waals surface area contributed by atoms with Crippen LogP contribution in [0.2, 0.25) is 0 Å². The third-order valence-electron chi connectivity index (χ3n) is 2.70. The molecule has 0 aromatic heterocycles. The van der Waals surface area contributed by atoms with Crippen molar-refractivity contribution < 1.29 is 57.5 Å². The first-order valence-corrected chi connectivity index (χ1v) is 9.06. The minimum atomic E-state index is -5.39. The van der Waals surface area contributed by atoms with Crippen LogP contribution in [0.4, 0.5) is 0 Å². The number of hydrogen-bond donors (Lipinski definition) is 7. The molecule has 0 saturated carbocycles. The SMILES string of the molecule is CC(=O)N[C@@H]1[C@@H](O)[C@@H](OP(=O)(O)OP(=O)(O)O)O[C@H](CO)[C@H]1O. The first kappa shape index (κ1) is 20.6. The van der Waals surface area contributed by atoms with Crippen LogP contribution in [-0.4, -0.2) is 73.2 Å². The van der Waals surface area contributed by atoms with E-state index in [9.17, 15) is 29.0 Å². The lowest BCUT2D eigenvalue weighted by atomic mass is 9.96. The number of carbonyl (C=O) groups is 1. The smallest absolute Gasteiger partial charge is 0.394 e. The molecule has 1 fully saturated rings. The van der Waals surface area contributed by atoms with Crippen LogP contribution in [0.15, 0.2) is 0 Å². The fourth-order valence-corrected chi connectivity index (χ4v) is 3.53. The molecular weight excluding hydrogens is 364 g/mol. The standard InChI is InChI=1S/C8H17NO12P2/c1-3(11)9-5-6(12)4(2-10)19-8(7(5)13)20-23(17,18)21-22(14,15)16/h4-8,10,12-13H,2H2,1H3,(H,9,11)(H,17,18)(H2,14,15,16)/t4-,5+,6-,7-,8-/m1/s1. The van der Waals surface area contributed by atoms with Crippen molar-refractivity contribution in [1.82, 2.24) is 5.32 Å². The molecule has 0 spiro atoms. The summed E-state index contributed by atoms with van der Waals surface area (Å²) in [5, 5.41) is 31.0.